The molecule has 20 nitrogen and oxygen atoms in total. The third kappa shape index (κ3) is 26.7. The molecule has 12 unspecified atom stereocenters. The van der Waals surface area contributed by atoms with Gasteiger partial charge in [0.2, 0.25) is 0 Å². The van der Waals surface area contributed by atoms with Gasteiger partial charge < -0.3 is 91.9 Å². The quantitative estimate of drug-likeness (QED) is 0.0240. The van der Waals surface area contributed by atoms with Crippen LogP contribution in [-0.4, -0.2) is 204 Å². The fraction of sp³-hybridized carbons (Fsp3) is 0.542. The summed E-state index contributed by atoms with van der Waals surface area (Å²) in [5.41, 5.74) is 8.86. The normalized spacial score (nSPS) is 24.2. The van der Waals surface area contributed by atoms with Crippen LogP contribution in [0.15, 0.2) is 179 Å². The number of hydrogen-bond acceptors (Lipinski definition) is 18. The number of benzene rings is 3. The second-order valence-electron chi connectivity index (χ2n) is 37.0. The standard InChI is InChI=1S/C32H42O8.2C32H46O6/c1-31(2,29(37)38)13-7-9-19-15-21(33)17-25(27(19)35)23-11-5-6-12-24(23)26-18-22(34)16-20(28(26)36)10-8-14-32(3,4)30(39)40;2*1-31(2,19-33)13-7-9-21-15-23(35)17-27(29(21)37)25-11-5-6-12-26(25)28-18-24(36)16-22(30(28)38)10-8-14-32(3,4)20-34/h5-6,11-12,15-18,21-22,27-28,33-36H,7-10,13-14H2,1-4H3,(H,37,38)(H,39,40);2*5-6,11-12,15-18,23-24,29-30,33-38H,7-10,13-14,19-20H2,1-4H3. The SMILES string of the molecule is CC(C)(CCCC1=CC(O)C=C(c2ccccc2C2=CC(O)C=C(CCCC(C)(C)C(=O)O)C2O)C1O)C(=O)O.CC(C)(CO)CCCC1=CC(O)C=C(c2ccccc2C2=CC(O)C=C(CCCC(C)(C)CO)C2O)C1O.CC(C)(CO)CCCC1=CC(O)C=C(c2ccccc2C2=CC(O)C=C(CCCC(C)(C)CO)C2O)C1O. The Morgan fingerprint density at radius 1 is 0.250 bits per heavy atom. The minimum Gasteiger partial charge on any atom is -0.481 e. The number of aliphatic hydroxyl groups is 16. The predicted octanol–water partition coefficient (Wildman–Crippen LogP) is 12.6. The van der Waals surface area contributed by atoms with Crippen molar-refractivity contribution in [3.05, 3.63) is 213 Å². The van der Waals surface area contributed by atoms with Crippen LogP contribution in [0.25, 0.3) is 33.4 Å². The number of carboxylic acid groups (broad SMARTS) is 2. The molecule has 116 heavy (non-hydrogen) atoms. The van der Waals surface area contributed by atoms with Gasteiger partial charge in [0.25, 0.3) is 0 Å². The molecule has 12 atom stereocenters. The first-order valence-corrected chi connectivity index (χ1v) is 41.3. The van der Waals surface area contributed by atoms with Gasteiger partial charge >= 0.3 is 11.9 Å². The second kappa shape index (κ2) is 42.2. The number of carbonyl (C=O) groups is 2. The largest absolute Gasteiger partial charge is 0.481 e. The minimum absolute atomic E-state index is 0.0919. The van der Waals surface area contributed by atoms with Gasteiger partial charge in [-0.15, -0.1) is 0 Å². The molecule has 9 rings (SSSR count). The molecule has 0 bridgehead atoms. The highest BCUT2D eigenvalue weighted by molar-refractivity contribution is 5.89. The van der Waals surface area contributed by atoms with Crippen LogP contribution in [0, 0.1) is 32.5 Å². The van der Waals surface area contributed by atoms with Gasteiger partial charge in [0, 0.05) is 26.4 Å². The second-order valence-corrected chi connectivity index (χ2v) is 37.0. The van der Waals surface area contributed by atoms with E-state index in [9.17, 15) is 102 Å². The number of rotatable bonds is 36. The summed E-state index contributed by atoms with van der Waals surface area (Å²) in [5, 5.41) is 189. The Kier molecular flexibility index (Phi) is 34.9. The van der Waals surface area contributed by atoms with Crippen molar-refractivity contribution in [2.45, 2.75) is 272 Å². The molecule has 3 aromatic rings. The van der Waals surface area contributed by atoms with Gasteiger partial charge in [-0.05, 0) is 302 Å². The fourth-order valence-corrected chi connectivity index (χ4v) is 15.8. The van der Waals surface area contributed by atoms with Gasteiger partial charge in [-0.25, -0.2) is 0 Å². The van der Waals surface area contributed by atoms with Gasteiger partial charge in [-0.2, -0.15) is 0 Å². The average Bonchev–Trinajstić information content (AvgIpc) is 0.783. The van der Waals surface area contributed by atoms with Crippen molar-refractivity contribution in [1.29, 1.82) is 0 Å². The van der Waals surface area contributed by atoms with Crippen LogP contribution < -0.4 is 0 Å². The van der Waals surface area contributed by atoms with Crippen molar-refractivity contribution in [1.82, 2.24) is 0 Å². The van der Waals surface area contributed by atoms with E-state index in [0.29, 0.717) is 142 Å². The summed E-state index contributed by atoms with van der Waals surface area (Å²) in [7, 11) is 0. The van der Waals surface area contributed by atoms with Crippen molar-refractivity contribution >= 4 is 45.4 Å². The summed E-state index contributed by atoms with van der Waals surface area (Å²) in [6.45, 7) is 23.0. The van der Waals surface area contributed by atoms with E-state index in [4.69, 9.17) is 0 Å². The van der Waals surface area contributed by atoms with Crippen molar-refractivity contribution < 1.29 is 102 Å². The highest BCUT2D eigenvalue weighted by Crippen LogP contribution is 2.45. The van der Waals surface area contributed by atoms with Gasteiger partial charge in [0.1, 0.15) is 36.6 Å². The monoisotopic (exact) mass is 1610 g/mol. The maximum absolute atomic E-state index is 11.5. The molecular weight excluding hydrogens is 1470 g/mol. The first-order valence-electron chi connectivity index (χ1n) is 41.3. The number of carboxylic acids is 2. The summed E-state index contributed by atoms with van der Waals surface area (Å²) in [6.07, 6.45) is 20.0. The Labute approximate surface area is 686 Å². The summed E-state index contributed by atoms with van der Waals surface area (Å²) < 4.78 is 0. The average molecular weight is 1610 g/mol. The molecule has 3 aromatic carbocycles. The zero-order chi connectivity index (χ0) is 86.0. The summed E-state index contributed by atoms with van der Waals surface area (Å²) >= 11 is 0. The Morgan fingerprint density at radius 3 is 0.534 bits per heavy atom. The number of aliphatic hydroxyl groups excluding tert-OH is 16. The molecule has 638 valence electrons. The van der Waals surface area contributed by atoms with Crippen molar-refractivity contribution in [3.8, 4) is 0 Å². The zero-order valence-electron chi connectivity index (χ0n) is 70.2. The van der Waals surface area contributed by atoms with Crippen molar-refractivity contribution in [3.63, 3.8) is 0 Å². The van der Waals surface area contributed by atoms with E-state index in [2.05, 4.69) is 0 Å². The molecule has 0 saturated carbocycles. The minimum atomic E-state index is -1.03. The lowest BCUT2D eigenvalue weighted by Crippen LogP contribution is -2.26. The van der Waals surface area contributed by atoms with Crippen molar-refractivity contribution in [2.24, 2.45) is 32.5 Å². The molecule has 20 heteroatoms. The molecule has 0 aromatic heterocycles. The van der Waals surface area contributed by atoms with E-state index in [-0.39, 0.29) is 48.1 Å². The van der Waals surface area contributed by atoms with Crippen molar-refractivity contribution in [2.75, 3.05) is 26.4 Å². The predicted molar refractivity (Wildman–Crippen MR) is 457 cm³/mol. The van der Waals surface area contributed by atoms with E-state index in [1.807, 2.05) is 104 Å². The van der Waals surface area contributed by atoms with Crippen LogP contribution in [0.1, 0.15) is 232 Å². The maximum atomic E-state index is 11.5. The highest BCUT2D eigenvalue weighted by atomic mass is 16.4. The Morgan fingerprint density at radius 2 is 0.397 bits per heavy atom. The molecule has 6 aliphatic carbocycles. The Bertz CT molecular complexity index is 3800. The Hall–Kier alpha value is -7.16. The smallest absolute Gasteiger partial charge is 0.309 e. The van der Waals surface area contributed by atoms with E-state index < -0.39 is 96.0 Å². The van der Waals surface area contributed by atoms with E-state index in [1.165, 1.54) is 0 Å². The van der Waals surface area contributed by atoms with Gasteiger partial charge in [-0.3, -0.25) is 9.59 Å². The fourth-order valence-electron chi connectivity index (χ4n) is 15.8. The van der Waals surface area contributed by atoms with E-state index in [0.717, 1.165) is 73.7 Å². The summed E-state index contributed by atoms with van der Waals surface area (Å²) in [4.78, 5) is 22.9. The van der Waals surface area contributed by atoms with Gasteiger partial charge in [0.05, 0.1) is 47.5 Å². The third-order valence-corrected chi connectivity index (χ3v) is 23.6. The third-order valence-electron chi connectivity index (χ3n) is 23.6. The van der Waals surface area contributed by atoms with Crippen LogP contribution in [-0.2, 0) is 9.59 Å². The van der Waals surface area contributed by atoms with Crippen LogP contribution in [0.3, 0.4) is 0 Å². The molecule has 0 fully saturated rings. The van der Waals surface area contributed by atoms with E-state index in [1.54, 1.807) is 125 Å². The molecule has 0 amide bonds. The van der Waals surface area contributed by atoms with Crippen LogP contribution >= 0.6 is 0 Å². The zero-order valence-corrected chi connectivity index (χ0v) is 70.2. The Balaban J connectivity index is 0.000000241. The summed E-state index contributed by atoms with van der Waals surface area (Å²) in [5.74, 6) is -1.78. The molecule has 0 aliphatic heterocycles. The van der Waals surface area contributed by atoms with Crippen LogP contribution in [0.4, 0.5) is 0 Å². The van der Waals surface area contributed by atoms with E-state index >= 15 is 0 Å². The molecule has 0 saturated heterocycles. The molecule has 6 aliphatic rings. The lowest BCUT2D eigenvalue weighted by atomic mass is 9.79. The number of aliphatic carboxylic acids is 2. The lowest BCUT2D eigenvalue weighted by Gasteiger charge is -2.30. The van der Waals surface area contributed by atoms with Crippen LogP contribution in [0.2, 0.25) is 0 Å². The molecule has 18 N–H and O–H groups in total. The molecule has 0 heterocycles. The van der Waals surface area contributed by atoms with Gasteiger partial charge in [0.15, 0.2) is 0 Å². The lowest BCUT2D eigenvalue weighted by molar-refractivity contribution is -0.148. The highest BCUT2D eigenvalue weighted by Gasteiger charge is 2.37. The molecule has 0 radical (unpaired) electrons. The maximum Gasteiger partial charge on any atom is 0.309 e. The molecular formula is C96H134O20. The van der Waals surface area contributed by atoms with Gasteiger partial charge in [-0.1, -0.05) is 165 Å². The summed E-state index contributed by atoms with van der Waals surface area (Å²) in [6, 6.07) is 22.1. The van der Waals surface area contributed by atoms with Crippen LogP contribution in [0.5, 0.6) is 0 Å². The first kappa shape index (κ1) is 96.0. The first-order chi connectivity index (χ1) is 54.4. The number of hydrogen-bond donors (Lipinski definition) is 18. The molecule has 0 spiro atoms. The topological polar surface area (TPSA) is 398 Å².